The lowest BCUT2D eigenvalue weighted by molar-refractivity contribution is 0.902. The van der Waals surface area contributed by atoms with Gasteiger partial charge in [-0.1, -0.05) is 387 Å². The van der Waals surface area contributed by atoms with Crippen LogP contribution in [0.1, 0.15) is 12.8 Å². The van der Waals surface area contributed by atoms with E-state index < -0.39 is 31.7 Å². The van der Waals surface area contributed by atoms with Crippen LogP contribution in [0.4, 0.5) is 0 Å². The summed E-state index contributed by atoms with van der Waals surface area (Å²) in [7, 11) is -3.04. The van der Waals surface area contributed by atoms with Gasteiger partial charge in [0.15, 0.2) is 0 Å². The van der Waals surface area contributed by atoms with E-state index in [-0.39, 0.29) is 15.8 Å². The quantitative estimate of drug-likeness (QED) is 0.0430. The molecule has 0 atom stereocenters. The smallest absolute Gasteiger partial charge is 0.0348 e. The van der Waals surface area contributed by atoms with Crippen LogP contribution in [0.2, 0.25) is 0 Å². The van der Waals surface area contributed by atoms with Gasteiger partial charge in [0, 0.05) is 15.8 Å². The van der Waals surface area contributed by atoms with E-state index in [1.165, 1.54) is 88.8 Å². The Balaban J connectivity index is 0.000000143. The summed E-state index contributed by atoms with van der Waals surface area (Å²) in [6, 6.07) is 130. The molecule has 0 saturated heterocycles. The number of hydrogen-bond acceptors (Lipinski definition) is 0. The van der Waals surface area contributed by atoms with E-state index in [0.29, 0.717) is 0 Å². The number of hydrogen-bond donors (Lipinski definition) is 0. The zero-order chi connectivity index (χ0) is 58.5. The Hall–Kier alpha value is -7.48. The van der Waals surface area contributed by atoms with E-state index in [4.69, 9.17) is 0 Å². The normalized spacial score (nSPS) is 11.0. The van der Waals surface area contributed by atoms with Gasteiger partial charge in [0.2, 0.25) is 0 Å². The largest absolute Gasteiger partial charge is 0.0622 e. The zero-order valence-electron chi connectivity index (χ0n) is 48.3. The van der Waals surface area contributed by atoms with Crippen molar-refractivity contribution in [1.82, 2.24) is 0 Å². The minimum Gasteiger partial charge on any atom is -0.0622 e. The van der Waals surface area contributed by atoms with Crippen LogP contribution in [0.25, 0.3) is 0 Å². The summed E-state index contributed by atoms with van der Waals surface area (Å²) in [5.41, 5.74) is 7.39. The van der Waals surface area contributed by atoms with Crippen molar-refractivity contribution in [3.8, 4) is 11.3 Å². The van der Waals surface area contributed by atoms with Crippen LogP contribution in [-0.4, -0.2) is 12.3 Å². The van der Waals surface area contributed by atoms with Crippen LogP contribution < -0.4 is 63.7 Å². The van der Waals surface area contributed by atoms with Crippen molar-refractivity contribution in [3.63, 3.8) is 0 Å². The second kappa shape index (κ2) is 34.6. The fourth-order valence-electron chi connectivity index (χ4n) is 9.88. The first kappa shape index (κ1) is 61.6. The lowest BCUT2D eigenvalue weighted by atomic mass is 10.4. The molecule has 0 aliphatic heterocycles. The van der Waals surface area contributed by atoms with Crippen molar-refractivity contribution in [1.29, 1.82) is 0 Å². The fourth-order valence-corrected chi connectivity index (χ4v) is 22.8. The maximum Gasteiger partial charge on any atom is 0.0348 e. The molecule has 0 N–H and O–H groups in total. The maximum absolute atomic E-state index is 3.69. The molecule has 420 valence electrons. The van der Waals surface area contributed by atoms with Gasteiger partial charge in [0.25, 0.3) is 0 Å². The van der Waals surface area contributed by atoms with Gasteiger partial charge in [0.1, 0.15) is 0 Å². The highest BCUT2D eigenvalue weighted by molar-refractivity contribution is 7.81. The van der Waals surface area contributed by atoms with Gasteiger partial charge >= 0.3 is 0 Å². The van der Waals surface area contributed by atoms with Crippen molar-refractivity contribution in [2.45, 2.75) is 12.8 Å². The highest BCUT2D eigenvalue weighted by Gasteiger charge is 2.18. The van der Waals surface area contributed by atoms with Gasteiger partial charge in [0.05, 0.1) is 0 Å². The van der Waals surface area contributed by atoms with Gasteiger partial charge in [-0.3, -0.25) is 0 Å². The summed E-state index contributed by atoms with van der Waals surface area (Å²) < 4.78 is 0. The Bertz CT molecular complexity index is 3370. The first-order chi connectivity index (χ1) is 42.7. The van der Waals surface area contributed by atoms with Crippen LogP contribution >= 0.6 is 47.5 Å². The molecule has 0 spiro atoms. The Labute approximate surface area is 519 Å². The molecule has 12 aromatic carbocycles. The van der Waals surface area contributed by atoms with E-state index in [9.17, 15) is 0 Å². The predicted octanol–water partition coefficient (Wildman–Crippen LogP) is 16.9. The van der Waals surface area contributed by atoms with E-state index in [2.05, 4.69) is 387 Å². The molecule has 0 bridgehead atoms. The molecular formula is C80H70P6. The minimum absolute atomic E-state index is 0.283. The first-order valence-electron chi connectivity index (χ1n) is 29.3. The summed E-state index contributed by atoms with van der Waals surface area (Å²) in [6.45, 7) is 0. The predicted molar refractivity (Wildman–Crippen MR) is 390 cm³/mol. The molecule has 0 unspecified atom stereocenters. The van der Waals surface area contributed by atoms with E-state index in [0.717, 1.165) is 0 Å². The monoisotopic (exact) mass is 1220 g/mol. The third kappa shape index (κ3) is 18.5. The summed E-state index contributed by atoms with van der Waals surface area (Å²) in [5, 5.41) is 16.7. The second-order valence-electron chi connectivity index (χ2n) is 20.0. The van der Waals surface area contributed by atoms with Gasteiger partial charge in [-0.2, -0.15) is 0 Å². The summed E-state index contributed by atoms with van der Waals surface area (Å²) in [6.07, 6.45) is 5.06. The molecule has 12 aromatic rings. The van der Waals surface area contributed by atoms with Gasteiger partial charge < -0.3 is 0 Å². The molecule has 0 aromatic heterocycles. The van der Waals surface area contributed by atoms with Crippen molar-refractivity contribution >= 4 is 111 Å². The Morgan fingerprint density at radius 2 is 0.337 bits per heavy atom. The second-order valence-corrected chi connectivity index (χ2v) is 32.6. The molecule has 0 aliphatic rings. The topological polar surface area (TPSA) is 0 Å². The molecule has 0 heterocycles. The SMILES string of the molecule is C(#CP(c1ccccc1)c1ccccc1)P(c1ccccc1)c1ccccc1.C(=C\P(c1ccccc1)c1ccccc1)/P(c1ccccc1)c1ccccc1.c1ccc(P(CCCCP(c2ccccc2)c2ccccc2)c2ccccc2)cc1. The van der Waals surface area contributed by atoms with Gasteiger partial charge in [-0.15, -0.1) is 0 Å². The molecule has 0 aliphatic carbocycles. The molecule has 6 heteroatoms. The van der Waals surface area contributed by atoms with Crippen LogP contribution in [0.15, 0.2) is 376 Å². The maximum atomic E-state index is 3.69. The lowest BCUT2D eigenvalue weighted by Gasteiger charge is -2.21. The molecule has 86 heavy (non-hydrogen) atoms. The van der Waals surface area contributed by atoms with Gasteiger partial charge in [-0.25, -0.2) is 0 Å². The van der Waals surface area contributed by atoms with Crippen LogP contribution in [0, 0.1) is 11.3 Å². The first-order valence-corrected chi connectivity index (χ1v) is 37.8. The van der Waals surface area contributed by atoms with Crippen LogP contribution in [-0.2, 0) is 0 Å². The molecule has 0 radical (unpaired) electrons. The third-order valence-corrected chi connectivity index (χ3v) is 28.0. The average Bonchev–Trinajstić information content (AvgIpc) is 3.79. The number of unbranched alkanes of at least 4 members (excludes halogenated alkanes) is 1. The Kier molecular flexibility index (Phi) is 24.8. The van der Waals surface area contributed by atoms with Crippen LogP contribution in [0.5, 0.6) is 0 Å². The highest BCUT2D eigenvalue weighted by Crippen LogP contribution is 2.43. The number of benzene rings is 12. The van der Waals surface area contributed by atoms with Crippen molar-refractivity contribution < 1.29 is 0 Å². The van der Waals surface area contributed by atoms with E-state index >= 15 is 0 Å². The Morgan fingerprint density at radius 3 is 0.512 bits per heavy atom. The third-order valence-electron chi connectivity index (χ3n) is 14.1. The van der Waals surface area contributed by atoms with Crippen molar-refractivity contribution in [2.75, 3.05) is 12.3 Å². The zero-order valence-corrected chi connectivity index (χ0v) is 53.7. The van der Waals surface area contributed by atoms with E-state index in [1.54, 1.807) is 0 Å². The molecule has 0 nitrogen and oxygen atoms in total. The van der Waals surface area contributed by atoms with Gasteiger partial charge in [-0.05, 0) is 121 Å². The van der Waals surface area contributed by atoms with Crippen molar-refractivity contribution in [2.24, 2.45) is 0 Å². The minimum atomic E-state index is -0.709. The highest BCUT2D eigenvalue weighted by atomic mass is 31.1. The summed E-state index contributed by atoms with van der Waals surface area (Å²) >= 11 is 0. The lowest BCUT2D eigenvalue weighted by Crippen LogP contribution is -2.15. The molecule has 0 fully saturated rings. The summed E-state index contributed by atoms with van der Waals surface area (Å²) in [4.78, 5) is 0. The fraction of sp³-hybridized carbons (Fsp3) is 0.0500. The Morgan fingerprint density at radius 1 is 0.186 bits per heavy atom. The molecular weight excluding hydrogens is 1150 g/mol. The van der Waals surface area contributed by atoms with Crippen molar-refractivity contribution in [3.05, 3.63) is 376 Å². The average molecular weight is 1220 g/mol. The molecule has 0 amide bonds. The summed E-state index contributed by atoms with van der Waals surface area (Å²) in [5.74, 6) is 4.90. The van der Waals surface area contributed by atoms with Crippen LogP contribution in [0.3, 0.4) is 0 Å². The number of rotatable bonds is 19. The standard InChI is InChI=1S/C28H28P2.C26H22P2.C26H20P2/c1-5-15-25(16-6-1)29(26-17-7-2-8-18-26)23-13-14-24-30(27-19-9-3-10-20-27)28-21-11-4-12-22-28;2*1-5-13-23(14-6-1)27(24-15-7-2-8-16-24)21-22-28(25-17-9-3-10-18-25)26-19-11-4-12-20-26/h1-12,15-22H,13-14,23-24H2;1-22H;1-20H/b;22-21+;. The van der Waals surface area contributed by atoms with E-state index in [1.807, 2.05) is 0 Å². The molecule has 12 rings (SSSR count). The molecule has 0 saturated carbocycles.